The Morgan fingerprint density at radius 1 is 0.943 bits per heavy atom. The summed E-state index contributed by atoms with van der Waals surface area (Å²) in [5, 5.41) is 14.6. The number of aliphatic hydroxyl groups is 1. The van der Waals surface area contributed by atoms with Crippen LogP contribution >= 0.6 is 23.2 Å². The SMILES string of the molecule is CC(C)(C)OC(=O)NC(c1ccc(Cl)c(Cl)c1)C(O)c1ccc(-c2ccccc2)c(S(C)(=O)=O)c1. The molecule has 0 aliphatic carbocycles. The highest BCUT2D eigenvalue weighted by atomic mass is 35.5. The lowest BCUT2D eigenvalue weighted by Gasteiger charge is -2.28. The minimum absolute atomic E-state index is 0.0606. The molecular weight excluding hydrogens is 509 g/mol. The third-order valence-corrected chi connectivity index (χ3v) is 7.00. The van der Waals surface area contributed by atoms with Crippen molar-refractivity contribution in [2.24, 2.45) is 0 Å². The molecule has 0 aromatic heterocycles. The molecule has 0 spiro atoms. The Morgan fingerprint density at radius 3 is 2.14 bits per heavy atom. The summed E-state index contributed by atoms with van der Waals surface area (Å²) in [5.41, 5.74) is 1.22. The predicted octanol–water partition coefficient (Wildman–Crippen LogP) is 6.36. The fourth-order valence-electron chi connectivity index (χ4n) is 3.56. The minimum atomic E-state index is -3.65. The minimum Gasteiger partial charge on any atom is -0.444 e. The number of nitrogens with one attached hydrogen (secondary N) is 1. The van der Waals surface area contributed by atoms with E-state index in [1.807, 2.05) is 30.3 Å². The van der Waals surface area contributed by atoms with Crippen LogP contribution in [0.2, 0.25) is 10.0 Å². The topological polar surface area (TPSA) is 92.7 Å². The van der Waals surface area contributed by atoms with E-state index in [0.717, 1.165) is 11.8 Å². The molecule has 0 fully saturated rings. The van der Waals surface area contributed by atoms with Gasteiger partial charge in [0.15, 0.2) is 9.84 Å². The molecule has 3 rings (SSSR count). The van der Waals surface area contributed by atoms with Crippen LogP contribution in [0.1, 0.15) is 44.0 Å². The molecule has 1 amide bonds. The van der Waals surface area contributed by atoms with Gasteiger partial charge in [0.1, 0.15) is 11.7 Å². The second kappa shape index (κ2) is 10.6. The van der Waals surface area contributed by atoms with Crippen LogP contribution < -0.4 is 5.32 Å². The maximum absolute atomic E-state index is 12.7. The molecule has 3 aromatic carbocycles. The van der Waals surface area contributed by atoms with Gasteiger partial charge in [0.2, 0.25) is 0 Å². The maximum atomic E-state index is 12.7. The van der Waals surface area contributed by atoms with Crippen molar-refractivity contribution < 1.29 is 23.1 Å². The van der Waals surface area contributed by atoms with Gasteiger partial charge in [0.05, 0.1) is 21.0 Å². The number of carbonyl (C=O) groups is 1. The van der Waals surface area contributed by atoms with Crippen molar-refractivity contribution in [3.8, 4) is 11.1 Å². The highest BCUT2D eigenvalue weighted by Crippen LogP contribution is 2.36. The van der Waals surface area contributed by atoms with Gasteiger partial charge in [-0.3, -0.25) is 0 Å². The second-order valence-electron chi connectivity index (χ2n) is 9.14. The van der Waals surface area contributed by atoms with E-state index in [-0.39, 0.29) is 15.5 Å². The Kier molecular flexibility index (Phi) is 8.17. The molecule has 35 heavy (non-hydrogen) atoms. The van der Waals surface area contributed by atoms with Crippen LogP contribution in [0.4, 0.5) is 4.79 Å². The summed E-state index contributed by atoms with van der Waals surface area (Å²) in [7, 11) is -3.65. The summed E-state index contributed by atoms with van der Waals surface area (Å²) < 4.78 is 30.7. The number of carbonyl (C=O) groups excluding carboxylic acids is 1. The number of benzene rings is 3. The average molecular weight is 536 g/mol. The number of amides is 1. The van der Waals surface area contributed by atoms with Crippen LogP contribution in [0.25, 0.3) is 11.1 Å². The Labute approximate surface area is 215 Å². The summed E-state index contributed by atoms with van der Waals surface area (Å²) >= 11 is 12.2. The molecule has 186 valence electrons. The first-order valence-electron chi connectivity index (χ1n) is 10.8. The van der Waals surface area contributed by atoms with Crippen molar-refractivity contribution in [1.82, 2.24) is 5.32 Å². The van der Waals surface area contributed by atoms with Gasteiger partial charge >= 0.3 is 6.09 Å². The standard InChI is InChI=1S/C26H27Cl2NO5S/c1-26(2,3)34-25(31)29-23(17-11-13-20(27)21(28)14-17)24(30)18-10-12-19(16-8-6-5-7-9-16)22(15-18)35(4,32)33/h5-15,23-24,30H,1-4H3,(H,29,31). The Hall–Kier alpha value is -2.58. The van der Waals surface area contributed by atoms with Crippen LogP contribution in [-0.2, 0) is 14.6 Å². The molecule has 9 heteroatoms. The number of halogens is 2. The molecule has 0 radical (unpaired) electrons. The third-order valence-electron chi connectivity index (χ3n) is 5.12. The monoisotopic (exact) mass is 535 g/mol. The number of sulfone groups is 1. The predicted molar refractivity (Wildman–Crippen MR) is 139 cm³/mol. The van der Waals surface area contributed by atoms with E-state index < -0.39 is 33.7 Å². The van der Waals surface area contributed by atoms with Crippen LogP contribution in [-0.4, -0.2) is 31.5 Å². The van der Waals surface area contributed by atoms with Gasteiger partial charge in [0.25, 0.3) is 0 Å². The number of aliphatic hydroxyl groups excluding tert-OH is 1. The molecule has 0 heterocycles. The summed E-state index contributed by atoms with van der Waals surface area (Å²) in [6.07, 6.45) is -0.970. The number of alkyl carbamates (subject to hydrolysis) is 1. The highest BCUT2D eigenvalue weighted by molar-refractivity contribution is 7.90. The zero-order valence-corrected chi connectivity index (χ0v) is 22.1. The van der Waals surface area contributed by atoms with Crippen LogP contribution in [0.5, 0.6) is 0 Å². The van der Waals surface area contributed by atoms with Gasteiger partial charge in [-0.05, 0) is 55.7 Å². The molecule has 3 aromatic rings. The fraction of sp³-hybridized carbons (Fsp3) is 0.269. The van der Waals surface area contributed by atoms with Gasteiger partial charge in [0, 0.05) is 11.8 Å². The van der Waals surface area contributed by atoms with Crippen molar-refractivity contribution in [3.05, 3.63) is 87.9 Å². The zero-order chi connectivity index (χ0) is 26.0. The Balaban J connectivity index is 2.08. The lowest BCUT2D eigenvalue weighted by Crippen LogP contribution is -2.37. The van der Waals surface area contributed by atoms with E-state index in [2.05, 4.69) is 5.32 Å². The molecule has 0 bridgehead atoms. The van der Waals surface area contributed by atoms with Gasteiger partial charge in [-0.2, -0.15) is 0 Å². The molecule has 0 aliphatic rings. The lowest BCUT2D eigenvalue weighted by atomic mass is 9.94. The summed E-state index contributed by atoms with van der Waals surface area (Å²) in [4.78, 5) is 12.7. The number of hydrogen-bond acceptors (Lipinski definition) is 5. The van der Waals surface area contributed by atoms with Crippen molar-refractivity contribution in [2.75, 3.05) is 6.26 Å². The van der Waals surface area contributed by atoms with Gasteiger partial charge in [-0.15, -0.1) is 0 Å². The van der Waals surface area contributed by atoms with Crippen LogP contribution in [0.3, 0.4) is 0 Å². The first-order chi connectivity index (χ1) is 16.3. The first-order valence-corrected chi connectivity index (χ1v) is 13.4. The van der Waals surface area contributed by atoms with Gasteiger partial charge in [-0.1, -0.05) is 71.7 Å². The largest absolute Gasteiger partial charge is 0.444 e. The smallest absolute Gasteiger partial charge is 0.408 e. The molecule has 2 unspecified atom stereocenters. The molecule has 0 saturated carbocycles. The summed E-state index contributed by atoms with van der Waals surface area (Å²) in [6.45, 7) is 5.16. The Bertz CT molecular complexity index is 1320. The van der Waals surface area contributed by atoms with E-state index in [1.54, 1.807) is 45.0 Å². The summed E-state index contributed by atoms with van der Waals surface area (Å²) in [5.74, 6) is 0. The van der Waals surface area contributed by atoms with Crippen molar-refractivity contribution in [2.45, 2.75) is 43.4 Å². The maximum Gasteiger partial charge on any atom is 0.408 e. The molecule has 0 saturated heterocycles. The fourth-order valence-corrected chi connectivity index (χ4v) is 4.81. The van der Waals surface area contributed by atoms with Crippen molar-refractivity contribution >= 4 is 39.1 Å². The molecule has 2 N–H and O–H groups in total. The number of hydrogen-bond donors (Lipinski definition) is 2. The van der Waals surface area contributed by atoms with E-state index >= 15 is 0 Å². The third kappa shape index (κ3) is 6.98. The zero-order valence-electron chi connectivity index (χ0n) is 19.7. The average Bonchev–Trinajstić information content (AvgIpc) is 2.77. The van der Waals surface area contributed by atoms with Gasteiger partial charge in [-0.25, -0.2) is 13.2 Å². The van der Waals surface area contributed by atoms with E-state index in [0.29, 0.717) is 16.1 Å². The molecule has 2 atom stereocenters. The Morgan fingerprint density at radius 2 is 1.57 bits per heavy atom. The van der Waals surface area contributed by atoms with Crippen molar-refractivity contribution in [3.63, 3.8) is 0 Å². The molecular formula is C26H27Cl2NO5S. The molecule has 0 aliphatic heterocycles. The first kappa shape index (κ1) is 27.0. The van der Waals surface area contributed by atoms with E-state index in [1.165, 1.54) is 12.1 Å². The van der Waals surface area contributed by atoms with Gasteiger partial charge < -0.3 is 15.2 Å². The van der Waals surface area contributed by atoms with E-state index in [9.17, 15) is 18.3 Å². The number of ether oxygens (including phenoxy) is 1. The lowest BCUT2D eigenvalue weighted by molar-refractivity contribution is 0.0419. The number of rotatable bonds is 6. The van der Waals surface area contributed by atoms with Crippen LogP contribution in [0, 0.1) is 0 Å². The molecule has 6 nitrogen and oxygen atoms in total. The summed E-state index contributed by atoms with van der Waals surface area (Å²) in [6, 6.07) is 17.5. The normalized spacial score (nSPS) is 13.7. The van der Waals surface area contributed by atoms with Crippen molar-refractivity contribution in [1.29, 1.82) is 0 Å². The quantitative estimate of drug-likeness (QED) is 0.382. The second-order valence-corrected chi connectivity index (χ2v) is 11.9. The highest BCUT2D eigenvalue weighted by Gasteiger charge is 2.29. The van der Waals surface area contributed by atoms with Crippen LogP contribution in [0.15, 0.2) is 71.6 Å². The van der Waals surface area contributed by atoms with E-state index in [4.69, 9.17) is 27.9 Å².